The number of nitrogens with two attached hydrogens (primary N) is 1. The second-order valence-electron chi connectivity index (χ2n) is 4.82. The highest BCUT2D eigenvalue weighted by molar-refractivity contribution is 9.10. The zero-order chi connectivity index (χ0) is 13.1. The smallest absolute Gasteiger partial charge is 0.0765 e. The van der Waals surface area contributed by atoms with Crippen molar-refractivity contribution in [1.29, 1.82) is 0 Å². The molecule has 1 aromatic carbocycles. The van der Waals surface area contributed by atoms with Crippen molar-refractivity contribution in [2.75, 3.05) is 18.0 Å². The molecule has 4 heteroatoms. The molecule has 0 saturated carbocycles. The van der Waals surface area contributed by atoms with Crippen LogP contribution in [0.25, 0.3) is 0 Å². The van der Waals surface area contributed by atoms with E-state index in [1.165, 1.54) is 0 Å². The summed E-state index contributed by atoms with van der Waals surface area (Å²) >= 11 is 3.56. The molecule has 3 nitrogen and oxygen atoms in total. The maximum absolute atomic E-state index is 9.90. The summed E-state index contributed by atoms with van der Waals surface area (Å²) in [5.41, 5.74) is 7.09. The van der Waals surface area contributed by atoms with Gasteiger partial charge in [-0.15, -0.1) is 0 Å². The van der Waals surface area contributed by atoms with Gasteiger partial charge in [-0.2, -0.15) is 0 Å². The van der Waals surface area contributed by atoms with Gasteiger partial charge >= 0.3 is 0 Å². The Morgan fingerprint density at radius 2 is 2.06 bits per heavy atom. The SMILES string of the molecule is CCN(CC(C)(C)O)c1ccc(CN)cc1Br. The van der Waals surface area contributed by atoms with Gasteiger partial charge in [-0.25, -0.2) is 0 Å². The van der Waals surface area contributed by atoms with Crippen molar-refractivity contribution in [3.8, 4) is 0 Å². The van der Waals surface area contributed by atoms with Crippen LogP contribution in [-0.2, 0) is 6.54 Å². The Morgan fingerprint density at radius 3 is 2.47 bits per heavy atom. The van der Waals surface area contributed by atoms with Crippen molar-refractivity contribution in [3.05, 3.63) is 28.2 Å². The zero-order valence-corrected chi connectivity index (χ0v) is 12.3. The van der Waals surface area contributed by atoms with E-state index in [9.17, 15) is 5.11 Å². The molecule has 0 spiro atoms. The van der Waals surface area contributed by atoms with E-state index in [2.05, 4.69) is 27.8 Å². The Labute approximate surface area is 112 Å². The number of likely N-dealkylation sites (N-methyl/N-ethyl adjacent to an activating group) is 1. The van der Waals surface area contributed by atoms with E-state index in [1.54, 1.807) is 0 Å². The summed E-state index contributed by atoms with van der Waals surface area (Å²) in [6.07, 6.45) is 0. The molecule has 0 aromatic heterocycles. The third-order valence-electron chi connectivity index (χ3n) is 2.55. The Morgan fingerprint density at radius 1 is 1.41 bits per heavy atom. The van der Waals surface area contributed by atoms with E-state index in [0.717, 1.165) is 22.3 Å². The number of rotatable bonds is 5. The topological polar surface area (TPSA) is 49.5 Å². The molecule has 1 rings (SSSR count). The number of hydrogen-bond acceptors (Lipinski definition) is 3. The normalized spacial score (nSPS) is 11.6. The zero-order valence-electron chi connectivity index (χ0n) is 10.7. The van der Waals surface area contributed by atoms with Crippen LogP contribution in [0.4, 0.5) is 5.69 Å². The quantitative estimate of drug-likeness (QED) is 0.878. The van der Waals surface area contributed by atoms with Crippen molar-refractivity contribution in [1.82, 2.24) is 0 Å². The van der Waals surface area contributed by atoms with Gasteiger partial charge in [0.05, 0.1) is 11.3 Å². The average molecular weight is 301 g/mol. The first-order chi connectivity index (χ1) is 7.87. The van der Waals surface area contributed by atoms with Crippen molar-refractivity contribution in [2.24, 2.45) is 5.73 Å². The van der Waals surface area contributed by atoms with Gasteiger partial charge in [0.25, 0.3) is 0 Å². The van der Waals surface area contributed by atoms with Gasteiger partial charge in [0.15, 0.2) is 0 Å². The van der Waals surface area contributed by atoms with Crippen LogP contribution in [0.15, 0.2) is 22.7 Å². The lowest BCUT2D eigenvalue weighted by molar-refractivity contribution is 0.0875. The Kier molecular flexibility index (Phi) is 4.98. The van der Waals surface area contributed by atoms with E-state index < -0.39 is 5.60 Å². The van der Waals surface area contributed by atoms with Gasteiger partial charge < -0.3 is 15.7 Å². The van der Waals surface area contributed by atoms with Crippen LogP contribution in [0.3, 0.4) is 0 Å². The van der Waals surface area contributed by atoms with Crippen molar-refractivity contribution in [3.63, 3.8) is 0 Å². The van der Waals surface area contributed by atoms with Gasteiger partial charge in [0.2, 0.25) is 0 Å². The molecule has 0 aliphatic heterocycles. The van der Waals surface area contributed by atoms with Gasteiger partial charge in [-0.05, 0) is 54.4 Å². The van der Waals surface area contributed by atoms with Crippen molar-refractivity contribution >= 4 is 21.6 Å². The molecule has 0 unspecified atom stereocenters. The van der Waals surface area contributed by atoms with Crippen molar-refractivity contribution < 1.29 is 5.11 Å². The van der Waals surface area contributed by atoms with Gasteiger partial charge in [-0.1, -0.05) is 6.07 Å². The lowest BCUT2D eigenvalue weighted by atomic mass is 10.1. The predicted octanol–water partition coefficient (Wildman–Crippen LogP) is 2.50. The second kappa shape index (κ2) is 5.85. The highest BCUT2D eigenvalue weighted by atomic mass is 79.9. The fourth-order valence-electron chi connectivity index (χ4n) is 1.77. The largest absolute Gasteiger partial charge is 0.389 e. The molecule has 0 saturated heterocycles. The lowest BCUT2D eigenvalue weighted by Crippen LogP contribution is -2.38. The molecule has 3 N–H and O–H groups in total. The summed E-state index contributed by atoms with van der Waals surface area (Å²) < 4.78 is 1.02. The molecule has 1 aromatic rings. The molecule has 0 bridgehead atoms. The van der Waals surface area contributed by atoms with Gasteiger partial charge in [0.1, 0.15) is 0 Å². The van der Waals surface area contributed by atoms with E-state index in [1.807, 2.05) is 32.0 Å². The molecule has 0 aliphatic carbocycles. The highest BCUT2D eigenvalue weighted by Crippen LogP contribution is 2.28. The number of hydrogen-bond donors (Lipinski definition) is 2. The minimum Gasteiger partial charge on any atom is -0.389 e. The molecule has 0 fully saturated rings. The maximum atomic E-state index is 9.90. The van der Waals surface area contributed by atoms with Crippen LogP contribution in [0.1, 0.15) is 26.3 Å². The van der Waals surface area contributed by atoms with Crippen LogP contribution >= 0.6 is 15.9 Å². The monoisotopic (exact) mass is 300 g/mol. The maximum Gasteiger partial charge on any atom is 0.0765 e. The molecule has 0 heterocycles. The Bertz CT molecular complexity index is 374. The van der Waals surface area contributed by atoms with Gasteiger partial charge in [0, 0.05) is 24.1 Å². The molecule has 17 heavy (non-hydrogen) atoms. The number of benzene rings is 1. The van der Waals surface area contributed by atoms with Crippen molar-refractivity contribution in [2.45, 2.75) is 32.9 Å². The first kappa shape index (κ1) is 14.5. The summed E-state index contributed by atoms with van der Waals surface area (Å²) in [6.45, 7) is 7.70. The lowest BCUT2D eigenvalue weighted by Gasteiger charge is -2.30. The molecule has 0 atom stereocenters. The number of aliphatic hydroxyl groups is 1. The third kappa shape index (κ3) is 4.30. The first-order valence-corrected chi connectivity index (χ1v) is 6.62. The molecule has 96 valence electrons. The summed E-state index contributed by atoms with van der Waals surface area (Å²) in [5.74, 6) is 0. The summed E-state index contributed by atoms with van der Waals surface area (Å²) in [4.78, 5) is 2.14. The number of nitrogens with zero attached hydrogens (tertiary/aromatic N) is 1. The summed E-state index contributed by atoms with van der Waals surface area (Å²) in [7, 11) is 0. The van der Waals surface area contributed by atoms with Crippen LogP contribution in [-0.4, -0.2) is 23.8 Å². The number of anilines is 1. The Balaban J connectivity index is 2.96. The summed E-state index contributed by atoms with van der Waals surface area (Å²) in [5, 5.41) is 9.90. The minimum absolute atomic E-state index is 0.538. The van der Waals surface area contributed by atoms with Crippen LogP contribution < -0.4 is 10.6 Å². The van der Waals surface area contributed by atoms with E-state index in [0.29, 0.717) is 13.1 Å². The third-order valence-corrected chi connectivity index (χ3v) is 3.18. The molecular formula is C13H21BrN2O. The van der Waals surface area contributed by atoms with E-state index in [4.69, 9.17) is 5.73 Å². The van der Waals surface area contributed by atoms with Crippen LogP contribution in [0.5, 0.6) is 0 Å². The van der Waals surface area contributed by atoms with E-state index >= 15 is 0 Å². The summed E-state index contributed by atoms with van der Waals surface area (Å²) in [6, 6.07) is 6.09. The molecule has 0 radical (unpaired) electrons. The fraction of sp³-hybridized carbons (Fsp3) is 0.538. The highest BCUT2D eigenvalue weighted by Gasteiger charge is 2.19. The minimum atomic E-state index is -0.706. The van der Waals surface area contributed by atoms with Crippen LogP contribution in [0, 0.1) is 0 Å². The van der Waals surface area contributed by atoms with E-state index in [-0.39, 0.29) is 0 Å². The Hall–Kier alpha value is -0.580. The fourth-order valence-corrected chi connectivity index (χ4v) is 2.45. The molecule has 0 amide bonds. The predicted molar refractivity (Wildman–Crippen MR) is 76.2 cm³/mol. The standard InChI is InChI=1S/C13H21BrN2O/c1-4-16(9-13(2,3)17)12-6-5-10(8-15)7-11(12)14/h5-7,17H,4,8-9,15H2,1-3H3. The molecule has 0 aliphatic rings. The molecular weight excluding hydrogens is 280 g/mol. The first-order valence-electron chi connectivity index (χ1n) is 5.83. The average Bonchev–Trinajstić information content (AvgIpc) is 2.24. The van der Waals surface area contributed by atoms with Crippen LogP contribution in [0.2, 0.25) is 0 Å². The second-order valence-corrected chi connectivity index (χ2v) is 5.67. The van der Waals surface area contributed by atoms with Gasteiger partial charge in [-0.3, -0.25) is 0 Å². The number of halogens is 1.